The number of fused-ring (bicyclic) bond motifs is 1. The van der Waals surface area contributed by atoms with E-state index in [0.717, 1.165) is 49.1 Å². The lowest BCUT2D eigenvalue weighted by Crippen LogP contribution is -2.38. The second-order valence-corrected chi connectivity index (χ2v) is 5.73. The summed E-state index contributed by atoms with van der Waals surface area (Å²) in [5.74, 6) is 2.99. The van der Waals surface area contributed by atoms with Crippen LogP contribution in [0.1, 0.15) is 36.5 Å². The highest BCUT2D eigenvalue weighted by Crippen LogP contribution is 2.14. The number of nitrogens with one attached hydrogen (secondary N) is 2. The molecule has 2 aromatic rings. The van der Waals surface area contributed by atoms with Gasteiger partial charge in [0.15, 0.2) is 5.96 Å². The number of guanidine groups is 1. The summed E-state index contributed by atoms with van der Waals surface area (Å²) in [6, 6.07) is 1.94. The van der Waals surface area contributed by atoms with Crippen LogP contribution in [0.3, 0.4) is 0 Å². The molecular formula is C16H25IN6O. The van der Waals surface area contributed by atoms with Gasteiger partial charge in [-0.1, -0.05) is 6.42 Å². The van der Waals surface area contributed by atoms with Crippen LogP contribution < -0.4 is 10.6 Å². The highest BCUT2D eigenvalue weighted by Gasteiger charge is 2.14. The van der Waals surface area contributed by atoms with Gasteiger partial charge in [-0.3, -0.25) is 4.99 Å². The van der Waals surface area contributed by atoms with Gasteiger partial charge < -0.3 is 19.6 Å². The number of hydrogen-bond acceptors (Lipinski definition) is 4. The number of aromatic nitrogens is 3. The van der Waals surface area contributed by atoms with Crippen LogP contribution in [-0.4, -0.2) is 34.3 Å². The van der Waals surface area contributed by atoms with Crippen molar-refractivity contribution in [2.45, 2.75) is 45.2 Å². The highest BCUT2D eigenvalue weighted by atomic mass is 127. The first kappa shape index (κ1) is 18.8. The first-order chi connectivity index (χ1) is 11.4. The van der Waals surface area contributed by atoms with E-state index in [9.17, 15) is 0 Å². The van der Waals surface area contributed by atoms with Crippen LogP contribution in [0.5, 0.6) is 0 Å². The van der Waals surface area contributed by atoms with Gasteiger partial charge in [0.25, 0.3) is 0 Å². The number of nitrogens with zero attached hydrogens (tertiary/aromatic N) is 4. The van der Waals surface area contributed by atoms with Gasteiger partial charge in [-0.05, 0) is 18.9 Å². The Morgan fingerprint density at radius 2 is 2.21 bits per heavy atom. The zero-order chi connectivity index (χ0) is 15.9. The van der Waals surface area contributed by atoms with Crippen molar-refractivity contribution in [1.82, 2.24) is 25.4 Å². The summed E-state index contributed by atoms with van der Waals surface area (Å²) in [7, 11) is 1.77. The Morgan fingerprint density at radius 1 is 1.29 bits per heavy atom. The molecule has 7 nitrogen and oxygen atoms in total. The molecule has 3 rings (SSSR count). The Kier molecular flexibility index (Phi) is 7.54. The molecule has 0 saturated carbocycles. The lowest BCUT2D eigenvalue weighted by atomic mass is 10.2. The molecule has 0 bridgehead atoms. The first-order valence-corrected chi connectivity index (χ1v) is 8.23. The summed E-state index contributed by atoms with van der Waals surface area (Å²) in [5.41, 5.74) is 1.09. The predicted octanol–water partition coefficient (Wildman–Crippen LogP) is 2.12. The quantitative estimate of drug-likeness (QED) is 0.420. The number of aryl methyl sites for hydroxylation is 1. The minimum absolute atomic E-state index is 0. The summed E-state index contributed by atoms with van der Waals surface area (Å²) >= 11 is 0. The van der Waals surface area contributed by atoms with Gasteiger partial charge in [-0.15, -0.1) is 34.2 Å². The molecule has 24 heavy (non-hydrogen) atoms. The molecule has 1 aliphatic heterocycles. The van der Waals surface area contributed by atoms with Crippen LogP contribution >= 0.6 is 24.0 Å². The van der Waals surface area contributed by atoms with Crippen LogP contribution in [0.2, 0.25) is 0 Å². The molecule has 2 aromatic heterocycles. The molecule has 0 aromatic carbocycles. The van der Waals surface area contributed by atoms with Crippen molar-refractivity contribution in [3.63, 3.8) is 0 Å². The maximum atomic E-state index is 5.06. The molecule has 0 unspecified atom stereocenters. The lowest BCUT2D eigenvalue weighted by molar-refractivity contribution is 0.563. The Bertz CT molecular complexity index is 637. The molecule has 2 N–H and O–H groups in total. The zero-order valence-corrected chi connectivity index (χ0v) is 16.3. The number of aliphatic imine (C=N–C) groups is 1. The van der Waals surface area contributed by atoms with Crippen molar-refractivity contribution in [1.29, 1.82) is 0 Å². The summed E-state index contributed by atoms with van der Waals surface area (Å²) in [6.07, 6.45) is 9.02. The molecule has 8 heteroatoms. The second kappa shape index (κ2) is 9.65. The minimum Gasteiger partial charge on any atom is -0.472 e. The Balaban J connectivity index is 0.00000208. The third-order valence-electron chi connectivity index (χ3n) is 4.09. The van der Waals surface area contributed by atoms with E-state index in [1.807, 2.05) is 6.07 Å². The van der Waals surface area contributed by atoms with Gasteiger partial charge in [-0.2, -0.15) is 0 Å². The predicted molar refractivity (Wildman–Crippen MR) is 104 cm³/mol. The smallest absolute Gasteiger partial charge is 0.191 e. The van der Waals surface area contributed by atoms with E-state index in [2.05, 4.69) is 30.4 Å². The minimum atomic E-state index is 0. The topological polar surface area (TPSA) is 80.3 Å². The SMILES string of the molecule is CN=C(NCCc1nnc2n1CCCCC2)NCc1ccoc1.I. The third kappa shape index (κ3) is 4.96. The molecule has 1 aliphatic rings. The van der Waals surface area contributed by atoms with E-state index in [0.29, 0.717) is 6.54 Å². The number of hydrogen-bond donors (Lipinski definition) is 2. The molecule has 0 fully saturated rings. The third-order valence-corrected chi connectivity index (χ3v) is 4.09. The van der Waals surface area contributed by atoms with Crippen molar-refractivity contribution < 1.29 is 4.42 Å². The van der Waals surface area contributed by atoms with E-state index in [1.165, 1.54) is 19.3 Å². The fourth-order valence-corrected chi connectivity index (χ4v) is 2.82. The summed E-state index contributed by atoms with van der Waals surface area (Å²) < 4.78 is 7.34. The number of furan rings is 1. The van der Waals surface area contributed by atoms with E-state index < -0.39 is 0 Å². The monoisotopic (exact) mass is 444 g/mol. The molecule has 0 amide bonds. The van der Waals surface area contributed by atoms with E-state index in [4.69, 9.17) is 4.42 Å². The average Bonchev–Trinajstić information content (AvgIpc) is 3.16. The Morgan fingerprint density at radius 3 is 3.00 bits per heavy atom. The normalized spacial score (nSPS) is 14.5. The number of halogens is 1. The van der Waals surface area contributed by atoms with E-state index >= 15 is 0 Å². The van der Waals surface area contributed by atoms with Crippen LogP contribution in [0.25, 0.3) is 0 Å². The van der Waals surface area contributed by atoms with Crippen LogP contribution in [0, 0.1) is 0 Å². The molecule has 132 valence electrons. The molecule has 0 radical (unpaired) electrons. The van der Waals surface area contributed by atoms with Gasteiger partial charge in [0.2, 0.25) is 0 Å². The fraction of sp³-hybridized carbons (Fsp3) is 0.562. The maximum Gasteiger partial charge on any atom is 0.191 e. The molecule has 0 saturated heterocycles. The largest absolute Gasteiger partial charge is 0.472 e. The average molecular weight is 444 g/mol. The summed E-state index contributed by atoms with van der Waals surface area (Å²) in [4.78, 5) is 4.23. The van der Waals surface area contributed by atoms with Crippen molar-refractivity contribution >= 4 is 29.9 Å². The van der Waals surface area contributed by atoms with E-state index in [1.54, 1.807) is 19.6 Å². The second-order valence-electron chi connectivity index (χ2n) is 5.73. The van der Waals surface area contributed by atoms with Gasteiger partial charge in [0.1, 0.15) is 11.6 Å². The van der Waals surface area contributed by atoms with Crippen molar-refractivity contribution in [2.75, 3.05) is 13.6 Å². The standard InChI is InChI=1S/C16H24N6O.HI/c1-17-16(19-11-13-7-10-23-12-13)18-8-6-15-21-20-14-5-3-2-4-9-22(14)15;/h7,10,12H,2-6,8-9,11H2,1H3,(H2,17,18,19);1H. The van der Waals surface area contributed by atoms with E-state index in [-0.39, 0.29) is 24.0 Å². The van der Waals surface area contributed by atoms with Gasteiger partial charge in [-0.25, -0.2) is 0 Å². The molecular weight excluding hydrogens is 419 g/mol. The first-order valence-electron chi connectivity index (χ1n) is 8.23. The van der Waals surface area contributed by atoms with Crippen LogP contribution in [0.4, 0.5) is 0 Å². The summed E-state index contributed by atoms with van der Waals surface area (Å²) in [5, 5.41) is 15.3. The maximum absolute atomic E-state index is 5.06. The molecule has 0 spiro atoms. The van der Waals surface area contributed by atoms with Crippen molar-refractivity contribution in [3.05, 3.63) is 35.8 Å². The molecule has 0 aliphatic carbocycles. The Labute approximate surface area is 159 Å². The fourth-order valence-electron chi connectivity index (χ4n) is 2.82. The van der Waals surface area contributed by atoms with Gasteiger partial charge >= 0.3 is 0 Å². The zero-order valence-electron chi connectivity index (χ0n) is 14.0. The molecule has 3 heterocycles. The van der Waals surface area contributed by atoms with Gasteiger partial charge in [0.05, 0.1) is 12.5 Å². The molecule has 0 atom stereocenters. The van der Waals surface area contributed by atoms with Gasteiger partial charge in [0, 0.05) is 45.1 Å². The van der Waals surface area contributed by atoms with Crippen LogP contribution in [0.15, 0.2) is 28.0 Å². The lowest BCUT2D eigenvalue weighted by Gasteiger charge is -2.11. The summed E-state index contributed by atoms with van der Waals surface area (Å²) in [6.45, 7) is 2.52. The van der Waals surface area contributed by atoms with Crippen LogP contribution in [-0.2, 0) is 25.9 Å². The Hall–Kier alpha value is -1.58. The van der Waals surface area contributed by atoms with Crippen molar-refractivity contribution in [3.8, 4) is 0 Å². The van der Waals surface area contributed by atoms with Crippen molar-refractivity contribution in [2.24, 2.45) is 4.99 Å². The highest BCUT2D eigenvalue weighted by molar-refractivity contribution is 14.0. The number of rotatable bonds is 5.